The van der Waals surface area contributed by atoms with Crippen LogP contribution in [0.2, 0.25) is 0 Å². The second kappa shape index (κ2) is 5.48. The van der Waals surface area contributed by atoms with Crippen molar-refractivity contribution in [1.82, 2.24) is 16.2 Å². The fraction of sp³-hybridized carbons (Fsp3) is 1.00. The molecule has 0 aromatic heterocycles. The van der Waals surface area contributed by atoms with Gasteiger partial charge in [0.05, 0.1) is 6.61 Å². The summed E-state index contributed by atoms with van der Waals surface area (Å²) in [5, 5.41) is 11.8. The molecule has 0 radical (unpaired) electrons. The molecule has 1 saturated carbocycles. The average molecular weight is 173 g/mol. The maximum Gasteiger partial charge on any atom is 0.0555 e. The molecular weight excluding hydrogens is 154 g/mol. The molecule has 12 heavy (non-hydrogen) atoms. The first-order valence-electron chi connectivity index (χ1n) is 4.62. The highest BCUT2D eigenvalue weighted by Gasteiger charge is 2.29. The molecule has 2 unspecified atom stereocenters. The number of hydrogen-bond donors (Lipinski definition) is 4. The first-order chi connectivity index (χ1) is 5.88. The van der Waals surface area contributed by atoms with Gasteiger partial charge < -0.3 is 10.4 Å². The van der Waals surface area contributed by atoms with E-state index in [9.17, 15) is 0 Å². The zero-order valence-electron chi connectivity index (χ0n) is 7.64. The SMILES string of the molecule is CNNC1CCC1CNCCO. The molecule has 0 bridgehead atoms. The summed E-state index contributed by atoms with van der Waals surface area (Å²) in [7, 11) is 1.90. The summed E-state index contributed by atoms with van der Waals surface area (Å²) in [5.41, 5.74) is 6.17. The highest BCUT2D eigenvalue weighted by atomic mass is 16.3. The van der Waals surface area contributed by atoms with E-state index in [1.807, 2.05) is 7.05 Å². The predicted molar refractivity (Wildman–Crippen MR) is 48.7 cm³/mol. The molecule has 1 fully saturated rings. The molecule has 0 aromatic rings. The van der Waals surface area contributed by atoms with Crippen molar-refractivity contribution in [3.63, 3.8) is 0 Å². The Hall–Kier alpha value is -0.160. The van der Waals surface area contributed by atoms with Gasteiger partial charge in [-0.05, 0) is 32.4 Å². The molecule has 0 aromatic carbocycles. The molecule has 4 N–H and O–H groups in total. The van der Waals surface area contributed by atoms with E-state index in [2.05, 4.69) is 16.2 Å². The Kier molecular flexibility index (Phi) is 4.53. The summed E-state index contributed by atoms with van der Waals surface area (Å²) < 4.78 is 0. The number of hydrogen-bond acceptors (Lipinski definition) is 4. The molecular formula is C8H19N3O. The molecule has 1 rings (SSSR count). The van der Waals surface area contributed by atoms with Gasteiger partial charge in [0.25, 0.3) is 0 Å². The zero-order chi connectivity index (χ0) is 8.81. The second-order valence-corrected chi connectivity index (χ2v) is 3.27. The van der Waals surface area contributed by atoms with Crippen LogP contribution in [-0.4, -0.2) is 37.9 Å². The lowest BCUT2D eigenvalue weighted by Crippen LogP contribution is -2.52. The molecule has 0 heterocycles. The summed E-state index contributed by atoms with van der Waals surface area (Å²) >= 11 is 0. The topological polar surface area (TPSA) is 56.3 Å². The van der Waals surface area contributed by atoms with Gasteiger partial charge in [-0.1, -0.05) is 0 Å². The smallest absolute Gasteiger partial charge is 0.0555 e. The molecule has 72 valence electrons. The highest BCUT2D eigenvalue weighted by molar-refractivity contribution is 4.86. The van der Waals surface area contributed by atoms with Crippen molar-refractivity contribution < 1.29 is 5.11 Å². The Morgan fingerprint density at radius 2 is 2.25 bits per heavy atom. The summed E-state index contributed by atoms with van der Waals surface area (Å²) in [4.78, 5) is 0. The van der Waals surface area contributed by atoms with Crippen molar-refractivity contribution in [2.75, 3.05) is 26.7 Å². The summed E-state index contributed by atoms with van der Waals surface area (Å²) in [6.45, 7) is 1.96. The van der Waals surface area contributed by atoms with E-state index in [4.69, 9.17) is 5.11 Å². The van der Waals surface area contributed by atoms with Crippen LogP contribution in [0.5, 0.6) is 0 Å². The zero-order valence-corrected chi connectivity index (χ0v) is 7.64. The lowest BCUT2D eigenvalue weighted by Gasteiger charge is -2.37. The van der Waals surface area contributed by atoms with Crippen LogP contribution in [0.25, 0.3) is 0 Å². The molecule has 4 nitrogen and oxygen atoms in total. The maximum absolute atomic E-state index is 8.55. The number of hydrazine groups is 1. The van der Waals surface area contributed by atoms with E-state index in [1.165, 1.54) is 12.8 Å². The van der Waals surface area contributed by atoms with Gasteiger partial charge in [-0.25, -0.2) is 0 Å². The molecule has 0 amide bonds. The van der Waals surface area contributed by atoms with Crippen molar-refractivity contribution >= 4 is 0 Å². The van der Waals surface area contributed by atoms with E-state index in [-0.39, 0.29) is 6.61 Å². The van der Waals surface area contributed by atoms with Crippen LogP contribution in [0.15, 0.2) is 0 Å². The third kappa shape index (κ3) is 2.71. The van der Waals surface area contributed by atoms with Crippen molar-refractivity contribution in [3.05, 3.63) is 0 Å². The van der Waals surface area contributed by atoms with Crippen molar-refractivity contribution in [2.24, 2.45) is 5.92 Å². The summed E-state index contributed by atoms with van der Waals surface area (Å²) in [6, 6.07) is 0.612. The summed E-state index contributed by atoms with van der Waals surface area (Å²) in [5.74, 6) is 0.726. The summed E-state index contributed by atoms with van der Waals surface area (Å²) in [6.07, 6.45) is 2.55. The normalized spacial score (nSPS) is 28.5. The minimum Gasteiger partial charge on any atom is -0.395 e. The van der Waals surface area contributed by atoms with Gasteiger partial charge in [-0.15, -0.1) is 0 Å². The van der Waals surface area contributed by atoms with E-state index in [0.29, 0.717) is 12.6 Å². The van der Waals surface area contributed by atoms with E-state index >= 15 is 0 Å². The Balaban J connectivity index is 2.00. The number of aliphatic hydroxyl groups is 1. The van der Waals surface area contributed by atoms with Crippen molar-refractivity contribution in [3.8, 4) is 0 Å². The highest BCUT2D eigenvalue weighted by Crippen LogP contribution is 2.25. The minimum atomic E-state index is 0.233. The minimum absolute atomic E-state index is 0.233. The standard InChI is InChI=1S/C8H19N3O/c1-9-11-8-3-2-7(8)6-10-4-5-12/h7-12H,2-6H2,1H3. The Labute approximate surface area is 73.7 Å². The van der Waals surface area contributed by atoms with Gasteiger partial charge in [0.2, 0.25) is 0 Å². The fourth-order valence-corrected chi connectivity index (χ4v) is 1.56. The predicted octanol–water partition coefficient (Wildman–Crippen LogP) is -0.929. The maximum atomic E-state index is 8.55. The Morgan fingerprint density at radius 3 is 2.75 bits per heavy atom. The van der Waals surface area contributed by atoms with Gasteiger partial charge in [0.15, 0.2) is 0 Å². The van der Waals surface area contributed by atoms with Crippen LogP contribution in [0.4, 0.5) is 0 Å². The quantitative estimate of drug-likeness (QED) is 0.310. The molecule has 1 aliphatic carbocycles. The van der Waals surface area contributed by atoms with Crippen LogP contribution >= 0.6 is 0 Å². The molecule has 0 spiro atoms. The van der Waals surface area contributed by atoms with E-state index < -0.39 is 0 Å². The fourth-order valence-electron chi connectivity index (χ4n) is 1.56. The van der Waals surface area contributed by atoms with Gasteiger partial charge in [-0.3, -0.25) is 10.9 Å². The van der Waals surface area contributed by atoms with Crippen LogP contribution in [-0.2, 0) is 0 Å². The Bertz CT molecular complexity index is 121. The van der Waals surface area contributed by atoms with Gasteiger partial charge >= 0.3 is 0 Å². The molecule has 0 aliphatic heterocycles. The largest absolute Gasteiger partial charge is 0.395 e. The first kappa shape index (κ1) is 9.92. The van der Waals surface area contributed by atoms with Gasteiger partial charge in [0.1, 0.15) is 0 Å². The Morgan fingerprint density at radius 1 is 1.42 bits per heavy atom. The van der Waals surface area contributed by atoms with E-state index in [0.717, 1.165) is 12.5 Å². The number of aliphatic hydroxyl groups excluding tert-OH is 1. The van der Waals surface area contributed by atoms with Crippen LogP contribution in [0.1, 0.15) is 12.8 Å². The van der Waals surface area contributed by atoms with Crippen molar-refractivity contribution in [1.29, 1.82) is 0 Å². The first-order valence-corrected chi connectivity index (χ1v) is 4.62. The van der Waals surface area contributed by atoms with Crippen LogP contribution in [0.3, 0.4) is 0 Å². The lowest BCUT2D eigenvalue weighted by molar-refractivity contribution is 0.185. The monoisotopic (exact) mass is 173 g/mol. The van der Waals surface area contributed by atoms with Crippen molar-refractivity contribution in [2.45, 2.75) is 18.9 Å². The lowest BCUT2D eigenvalue weighted by atomic mass is 9.80. The second-order valence-electron chi connectivity index (χ2n) is 3.27. The molecule has 2 atom stereocenters. The van der Waals surface area contributed by atoms with Gasteiger partial charge in [-0.2, -0.15) is 0 Å². The molecule has 0 saturated heterocycles. The van der Waals surface area contributed by atoms with Gasteiger partial charge in [0, 0.05) is 12.6 Å². The third-order valence-electron chi connectivity index (χ3n) is 2.44. The third-order valence-corrected chi connectivity index (χ3v) is 2.44. The van der Waals surface area contributed by atoms with Crippen LogP contribution < -0.4 is 16.2 Å². The number of rotatable bonds is 6. The molecule has 4 heteroatoms. The van der Waals surface area contributed by atoms with Crippen LogP contribution in [0, 0.1) is 5.92 Å². The molecule has 1 aliphatic rings. The van der Waals surface area contributed by atoms with E-state index in [1.54, 1.807) is 0 Å². The average Bonchev–Trinajstić information content (AvgIpc) is 2.06. The number of nitrogens with one attached hydrogen (secondary N) is 3.